The van der Waals surface area contributed by atoms with Crippen molar-refractivity contribution in [1.29, 1.82) is 0 Å². The molecule has 0 atom stereocenters. The molecule has 152 valence electrons. The molecule has 0 saturated carbocycles. The molecule has 1 aromatic heterocycles. The fourth-order valence-electron chi connectivity index (χ4n) is 3.14. The Labute approximate surface area is 167 Å². The zero-order valence-corrected chi connectivity index (χ0v) is 16.5. The second-order valence-corrected chi connectivity index (χ2v) is 6.60. The van der Waals surface area contributed by atoms with Gasteiger partial charge < -0.3 is 19.2 Å². The highest BCUT2D eigenvalue weighted by atomic mass is 19.1. The molecule has 0 fully saturated rings. The van der Waals surface area contributed by atoms with E-state index in [1.165, 1.54) is 26.4 Å². The second kappa shape index (κ2) is 8.77. The van der Waals surface area contributed by atoms with Crippen LogP contribution in [0.4, 0.5) is 4.39 Å². The Bertz CT molecular complexity index is 1090. The number of ether oxygens (including phenoxy) is 2. The molecule has 29 heavy (non-hydrogen) atoms. The summed E-state index contributed by atoms with van der Waals surface area (Å²) < 4.78 is 28.9. The number of halogens is 1. The molecule has 1 heterocycles. The third-order valence-corrected chi connectivity index (χ3v) is 4.78. The van der Waals surface area contributed by atoms with Crippen molar-refractivity contribution in [3.05, 3.63) is 69.3 Å². The number of fused-ring (bicyclic) bond motifs is 1. The largest absolute Gasteiger partial charge is 0.493 e. The molecule has 1 N–H and O–H groups in total. The number of hydrogen-bond acceptors (Lipinski definition) is 5. The average molecular weight is 399 g/mol. The maximum Gasteiger partial charge on any atom is 0.340 e. The van der Waals surface area contributed by atoms with Crippen LogP contribution >= 0.6 is 0 Å². The first kappa shape index (κ1) is 20.4. The van der Waals surface area contributed by atoms with Crippen LogP contribution in [-0.2, 0) is 17.6 Å². The van der Waals surface area contributed by atoms with E-state index in [1.807, 2.05) is 0 Å². The molecule has 0 aliphatic carbocycles. The van der Waals surface area contributed by atoms with Gasteiger partial charge >= 0.3 is 5.63 Å². The lowest BCUT2D eigenvalue weighted by Crippen LogP contribution is -2.29. The molecule has 1 amide bonds. The number of rotatable bonds is 7. The van der Waals surface area contributed by atoms with Gasteiger partial charge in [0, 0.05) is 18.0 Å². The van der Waals surface area contributed by atoms with E-state index in [1.54, 1.807) is 31.2 Å². The van der Waals surface area contributed by atoms with Crippen LogP contribution in [0.3, 0.4) is 0 Å². The van der Waals surface area contributed by atoms with Crippen molar-refractivity contribution in [2.24, 2.45) is 0 Å². The molecule has 0 spiro atoms. The number of benzene rings is 2. The van der Waals surface area contributed by atoms with Gasteiger partial charge in [0.05, 0.1) is 26.2 Å². The van der Waals surface area contributed by atoms with Crippen molar-refractivity contribution in [3.63, 3.8) is 0 Å². The number of carbonyl (C=O) groups is 1. The van der Waals surface area contributed by atoms with E-state index in [0.29, 0.717) is 46.6 Å². The van der Waals surface area contributed by atoms with Crippen LogP contribution < -0.4 is 20.4 Å². The van der Waals surface area contributed by atoms with E-state index in [-0.39, 0.29) is 18.1 Å². The normalized spacial score (nSPS) is 10.8. The van der Waals surface area contributed by atoms with Gasteiger partial charge in [-0.15, -0.1) is 0 Å². The minimum absolute atomic E-state index is 0.0954. The number of carbonyl (C=O) groups excluding carboxylic acids is 1. The van der Waals surface area contributed by atoms with E-state index < -0.39 is 5.63 Å². The van der Waals surface area contributed by atoms with Gasteiger partial charge in [0.2, 0.25) is 5.91 Å². The first-order chi connectivity index (χ1) is 13.9. The van der Waals surface area contributed by atoms with Gasteiger partial charge in [-0.2, -0.15) is 0 Å². The van der Waals surface area contributed by atoms with Gasteiger partial charge in [0.15, 0.2) is 11.5 Å². The van der Waals surface area contributed by atoms with Gasteiger partial charge in [-0.3, -0.25) is 4.79 Å². The molecular formula is C22H22FNO5. The van der Waals surface area contributed by atoms with E-state index in [0.717, 1.165) is 5.56 Å². The average Bonchev–Trinajstić information content (AvgIpc) is 2.71. The predicted octanol–water partition coefficient (Wildman–Crippen LogP) is 3.16. The molecule has 0 saturated heterocycles. The van der Waals surface area contributed by atoms with Gasteiger partial charge in [0.1, 0.15) is 11.4 Å². The number of amides is 1. The van der Waals surface area contributed by atoms with Crippen LogP contribution in [0.25, 0.3) is 11.0 Å². The minimum Gasteiger partial charge on any atom is -0.493 e. The van der Waals surface area contributed by atoms with Crippen molar-refractivity contribution < 1.29 is 23.1 Å². The third-order valence-electron chi connectivity index (χ3n) is 4.78. The lowest BCUT2D eigenvalue weighted by Gasteiger charge is -2.12. The van der Waals surface area contributed by atoms with Crippen LogP contribution in [0.2, 0.25) is 0 Å². The molecule has 0 unspecified atom stereocenters. The maximum atomic E-state index is 12.9. The molecule has 3 rings (SSSR count). The monoisotopic (exact) mass is 399 g/mol. The van der Waals surface area contributed by atoms with Gasteiger partial charge in [0.25, 0.3) is 0 Å². The molecule has 0 aliphatic heterocycles. The Morgan fingerprint density at radius 2 is 1.76 bits per heavy atom. The number of hydrogen-bond donors (Lipinski definition) is 1. The molecule has 0 bridgehead atoms. The summed E-state index contributed by atoms with van der Waals surface area (Å²) >= 11 is 0. The zero-order chi connectivity index (χ0) is 21.0. The molecule has 6 nitrogen and oxygen atoms in total. The van der Waals surface area contributed by atoms with Gasteiger partial charge in [-0.1, -0.05) is 12.1 Å². The van der Waals surface area contributed by atoms with Crippen LogP contribution in [-0.4, -0.2) is 26.7 Å². The predicted molar refractivity (Wildman–Crippen MR) is 107 cm³/mol. The fourth-order valence-corrected chi connectivity index (χ4v) is 3.14. The van der Waals surface area contributed by atoms with E-state index >= 15 is 0 Å². The quantitative estimate of drug-likeness (QED) is 0.618. The summed E-state index contributed by atoms with van der Waals surface area (Å²) in [6, 6.07) is 9.42. The molecule has 7 heteroatoms. The third kappa shape index (κ3) is 4.56. The van der Waals surface area contributed by atoms with Crippen LogP contribution in [0, 0.1) is 12.7 Å². The summed E-state index contributed by atoms with van der Waals surface area (Å²) in [6.07, 6.45) is 0.468. The zero-order valence-electron chi connectivity index (χ0n) is 16.5. The smallest absolute Gasteiger partial charge is 0.340 e. The van der Waals surface area contributed by atoms with E-state index in [2.05, 4.69) is 5.32 Å². The Kier molecular flexibility index (Phi) is 6.16. The first-order valence-corrected chi connectivity index (χ1v) is 9.12. The summed E-state index contributed by atoms with van der Waals surface area (Å²) in [5.74, 6) is 0.369. The molecule has 2 aromatic carbocycles. The van der Waals surface area contributed by atoms with Crippen LogP contribution in [0.1, 0.15) is 16.7 Å². The number of nitrogens with one attached hydrogen (secondary N) is 1. The summed E-state index contributed by atoms with van der Waals surface area (Å²) in [6.45, 7) is 2.15. The molecular weight excluding hydrogens is 377 g/mol. The van der Waals surface area contributed by atoms with Crippen molar-refractivity contribution in [2.75, 3.05) is 20.8 Å². The summed E-state index contributed by atoms with van der Waals surface area (Å²) in [5, 5.41) is 3.46. The Balaban J connectivity index is 1.75. The van der Waals surface area contributed by atoms with Crippen LogP contribution in [0.5, 0.6) is 11.5 Å². The van der Waals surface area contributed by atoms with Crippen molar-refractivity contribution in [2.45, 2.75) is 19.8 Å². The SMILES string of the molecule is COc1cc2oc(=O)c(CC(=O)NCCc3ccc(F)cc3)c(C)c2cc1OC. The Hall–Kier alpha value is -3.35. The highest BCUT2D eigenvalue weighted by molar-refractivity contribution is 5.86. The molecule has 0 aliphatic rings. The van der Waals surface area contributed by atoms with Crippen molar-refractivity contribution in [3.8, 4) is 11.5 Å². The van der Waals surface area contributed by atoms with Crippen molar-refractivity contribution in [1.82, 2.24) is 5.32 Å². The Morgan fingerprint density at radius 1 is 1.10 bits per heavy atom. The Morgan fingerprint density at radius 3 is 2.41 bits per heavy atom. The highest BCUT2D eigenvalue weighted by Crippen LogP contribution is 2.33. The first-order valence-electron chi connectivity index (χ1n) is 9.12. The topological polar surface area (TPSA) is 77.8 Å². The molecule has 0 radical (unpaired) electrons. The minimum atomic E-state index is -0.559. The highest BCUT2D eigenvalue weighted by Gasteiger charge is 2.17. The van der Waals surface area contributed by atoms with E-state index in [4.69, 9.17) is 13.9 Å². The lowest BCUT2D eigenvalue weighted by atomic mass is 10.0. The summed E-state index contributed by atoms with van der Waals surface area (Å²) in [4.78, 5) is 24.7. The standard InChI is InChI=1S/C22H22FNO5/c1-13-16-10-19(27-2)20(28-3)12-18(16)29-22(26)17(13)11-21(25)24-9-8-14-4-6-15(23)7-5-14/h4-7,10,12H,8-9,11H2,1-3H3,(H,24,25). The summed E-state index contributed by atoms with van der Waals surface area (Å²) in [7, 11) is 3.02. The fraction of sp³-hybridized carbons (Fsp3) is 0.273. The maximum absolute atomic E-state index is 12.9. The van der Waals surface area contributed by atoms with Crippen molar-refractivity contribution >= 4 is 16.9 Å². The number of aryl methyl sites for hydroxylation is 1. The van der Waals surface area contributed by atoms with Gasteiger partial charge in [-0.05, 0) is 42.7 Å². The van der Waals surface area contributed by atoms with E-state index in [9.17, 15) is 14.0 Å². The van der Waals surface area contributed by atoms with Gasteiger partial charge in [-0.25, -0.2) is 9.18 Å². The number of methoxy groups -OCH3 is 2. The lowest BCUT2D eigenvalue weighted by molar-refractivity contribution is -0.120. The second-order valence-electron chi connectivity index (χ2n) is 6.60. The van der Waals surface area contributed by atoms with Crippen LogP contribution in [0.15, 0.2) is 45.6 Å². The molecule has 3 aromatic rings. The summed E-state index contributed by atoms with van der Waals surface area (Å²) in [5.41, 5.74) is 1.67.